The first-order valence-corrected chi connectivity index (χ1v) is 7.84. The molecule has 0 aliphatic rings. The van der Waals surface area contributed by atoms with Crippen LogP contribution in [0.4, 0.5) is 5.69 Å². The van der Waals surface area contributed by atoms with Crippen molar-refractivity contribution >= 4 is 44.9 Å². The Kier molecular flexibility index (Phi) is 4.41. The molecule has 0 amide bonds. The third-order valence-electron chi connectivity index (χ3n) is 2.53. The van der Waals surface area contributed by atoms with Gasteiger partial charge in [-0.15, -0.1) is 0 Å². The first kappa shape index (κ1) is 15.6. The van der Waals surface area contributed by atoms with Crippen LogP contribution < -0.4 is 4.72 Å². The van der Waals surface area contributed by atoms with Crippen molar-refractivity contribution in [1.29, 1.82) is 0 Å². The van der Waals surface area contributed by atoms with E-state index in [1.807, 2.05) is 0 Å². The summed E-state index contributed by atoms with van der Waals surface area (Å²) in [6.07, 6.45) is 0. The lowest BCUT2D eigenvalue weighted by molar-refractivity contribution is 0.0697. The van der Waals surface area contributed by atoms with Gasteiger partial charge in [0, 0.05) is 10.0 Å². The van der Waals surface area contributed by atoms with Gasteiger partial charge >= 0.3 is 5.97 Å². The van der Waals surface area contributed by atoms with Crippen molar-refractivity contribution in [2.75, 3.05) is 4.72 Å². The number of rotatable bonds is 4. The number of carboxylic acid groups (broad SMARTS) is 1. The van der Waals surface area contributed by atoms with Crippen molar-refractivity contribution in [3.05, 3.63) is 58.1 Å². The number of sulfonamides is 1. The summed E-state index contributed by atoms with van der Waals surface area (Å²) in [5.74, 6) is -1.13. The highest BCUT2D eigenvalue weighted by molar-refractivity contribution is 7.92. The van der Waals surface area contributed by atoms with Gasteiger partial charge in [-0.2, -0.15) is 0 Å². The summed E-state index contributed by atoms with van der Waals surface area (Å²) < 4.78 is 26.6. The van der Waals surface area contributed by atoms with Crippen LogP contribution in [0.25, 0.3) is 0 Å². The van der Waals surface area contributed by atoms with Gasteiger partial charge < -0.3 is 5.11 Å². The Morgan fingerprint density at radius 3 is 2.00 bits per heavy atom. The molecule has 0 aliphatic heterocycles. The largest absolute Gasteiger partial charge is 0.478 e. The Balaban J connectivity index is 2.31. The second-order valence-corrected chi connectivity index (χ2v) is 6.65. The lowest BCUT2D eigenvalue weighted by Crippen LogP contribution is -2.13. The molecule has 0 radical (unpaired) electrons. The molecule has 0 saturated heterocycles. The molecule has 8 heteroatoms. The molecule has 5 nitrogen and oxygen atoms in total. The Hall–Kier alpha value is -1.76. The van der Waals surface area contributed by atoms with Crippen LogP contribution in [0.5, 0.6) is 0 Å². The number of hydrogen-bond donors (Lipinski definition) is 2. The predicted octanol–water partition coefficient (Wildman–Crippen LogP) is 3.49. The fourth-order valence-corrected chi connectivity index (χ4v) is 3.17. The van der Waals surface area contributed by atoms with E-state index >= 15 is 0 Å². The molecule has 0 spiro atoms. The summed E-state index contributed by atoms with van der Waals surface area (Å²) in [6.45, 7) is 0. The molecular formula is C13H9Cl2NO4S. The lowest BCUT2D eigenvalue weighted by Gasteiger charge is -2.09. The standard InChI is InChI=1S/C13H9Cl2NO4S/c14-9-5-10(15)7-11(6-9)16-21(19,20)12-3-1-8(2-4-12)13(17)18/h1-7,16H,(H,17,18). The zero-order valence-electron chi connectivity index (χ0n) is 10.4. The van der Waals surface area contributed by atoms with Crippen molar-refractivity contribution in [3.8, 4) is 0 Å². The molecule has 0 heterocycles. The van der Waals surface area contributed by atoms with E-state index in [0.29, 0.717) is 10.0 Å². The predicted molar refractivity (Wildman–Crippen MR) is 80.7 cm³/mol. The van der Waals surface area contributed by atoms with Crippen LogP contribution in [0.1, 0.15) is 10.4 Å². The molecular weight excluding hydrogens is 337 g/mol. The van der Waals surface area contributed by atoms with Gasteiger partial charge in [-0.1, -0.05) is 23.2 Å². The first-order valence-electron chi connectivity index (χ1n) is 5.60. The fraction of sp³-hybridized carbons (Fsp3) is 0. The number of anilines is 1. The van der Waals surface area contributed by atoms with Gasteiger partial charge in [-0.05, 0) is 42.5 Å². The first-order chi connectivity index (χ1) is 9.78. The zero-order chi connectivity index (χ0) is 15.6. The Morgan fingerprint density at radius 1 is 1.00 bits per heavy atom. The number of carbonyl (C=O) groups is 1. The maximum absolute atomic E-state index is 12.2. The van der Waals surface area contributed by atoms with E-state index in [-0.39, 0.29) is 16.1 Å². The summed E-state index contributed by atoms with van der Waals surface area (Å²) in [5, 5.41) is 9.37. The van der Waals surface area contributed by atoms with Crippen LogP contribution in [0.15, 0.2) is 47.4 Å². The van der Waals surface area contributed by atoms with Crippen LogP contribution in [-0.4, -0.2) is 19.5 Å². The van der Waals surface area contributed by atoms with Gasteiger partial charge in [-0.3, -0.25) is 4.72 Å². The number of hydrogen-bond acceptors (Lipinski definition) is 3. The average Bonchev–Trinajstić information content (AvgIpc) is 2.37. The van der Waals surface area contributed by atoms with Crippen molar-refractivity contribution in [2.45, 2.75) is 4.90 Å². The second kappa shape index (κ2) is 5.93. The molecule has 2 rings (SSSR count). The zero-order valence-corrected chi connectivity index (χ0v) is 12.7. The highest BCUT2D eigenvalue weighted by Crippen LogP contribution is 2.24. The molecule has 0 unspecified atom stereocenters. The minimum atomic E-state index is -3.85. The van der Waals surface area contributed by atoms with Gasteiger partial charge in [0.25, 0.3) is 10.0 Å². The smallest absolute Gasteiger partial charge is 0.335 e. The van der Waals surface area contributed by atoms with E-state index < -0.39 is 16.0 Å². The Bertz CT molecular complexity index is 768. The summed E-state index contributed by atoms with van der Waals surface area (Å²) in [5.41, 5.74) is 0.217. The van der Waals surface area contributed by atoms with Crippen LogP contribution in [0.3, 0.4) is 0 Å². The van der Waals surface area contributed by atoms with E-state index in [2.05, 4.69) is 4.72 Å². The molecule has 2 aromatic carbocycles. The molecule has 0 aliphatic carbocycles. The van der Waals surface area contributed by atoms with E-state index in [4.69, 9.17) is 28.3 Å². The average molecular weight is 346 g/mol. The maximum Gasteiger partial charge on any atom is 0.335 e. The van der Waals surface area contributed by atoms with Crippen molar-refractivity contribution in [3.63, 3.8) is 0 Å². The minimum Gasteiger partial charge on any atom is -0.478 e. The third-order valence-corrected chi connectivity index (χ3v) is 4.36. The molecule has 0 fully saturated rings. The topological polar surface area (TPSA) is 83.5 Å². The fourth-order valence-electron chi connectivity index (χ4n) is 1.60. The van der Waals surface area contributed by atoms with Crippen LogP contribution >= 0.6 is 23.2 Å². The van der Waals surface area contributed by atoms with Gasteiger partial charge in [0.05, 0.1) is 16.1 Å². The summed E-state index contributed by atoms with van der Waals surface area (Å²) in [4.78, 5) is 10.7. The molecule has 0 atom stereocenters. The number of carboxylic acids is 1. The van der Waals surface area contributed by atoms with Gasteiger partial charge in [0.15, 0.2) is 0 Å². The molecule has 21 heavy (non-hydrogen) atoms. The molecule has 0 aromatic heterocycles. The maximum atomic E-state index is 12.2. The van der Waals surface area contributed by atoms with E-state index in [1.165, 1.54) is 42.5 Å². The number of aromatic carboxylic acids is 1. The SMILES string of the molecule is O=C(O)c1ccc(S(=O)(=O)Nc2cc(Cl)cc(Cl)c2)cc1. The molecule has 0 saturated carbocycles. The van der Waals surface area contributed by atoms with E-state index in [1.54, 1.807) is 0 Å². The quantitative estimate of drug-likeness (QED) is 0.888. The molecule has 2 aromatic rings. The number of nitrogens with one attached hydrogen (secondary N) is 1. The normalized spacial score (nSPS) is 11.1. The molecule has 0 bridgehead atoms. The third kappa shape index (κ3) is 3.87. The van der Waals surface area contributed by atoms with E-state index in [0.717, 1.165) is 0 Å². The number of halogens is 2. The van der Waals surface area contributed by atoms with E-state index in [9.17, 15) is 13.2 Å². The van der Waals surface area contributed by atoms with Crippen LogP contribution in [0.2, 0.25) is 10.0 Å². The Labute approximate surface area is 131 Å². The highest BCUT2D eigenvalue weighted by Gasteiger charge is 2.15. The highest BCUT2D eigenvalue weighted by atomic mass is 35.5. The number of benzene rings is 2. The van der Waals surface area contributed by atoms with Crippen LogP contribution in [0, 0.1) is 0 Å². The monoisotopic (exact) mass is 345 g/mol. The van der Waals surface area contributed by atoms with Crippen molar-refractivity contribution in [1.82, 2.24) is 0 Å². The summed E-state index contributed by atoms with van der Waals surface area (Å²) >= 11 is 11.6. The summed E-state index contributed by atoms with van der Waals surface area (Å²) in [7, 11) is -3.85. The Morgan fingerprint density at radius 2 is 1.52 bits per heavy atom. The molecule has 2 N–H and O–H groups in total. The van der Waals surface area contributed by atoms with Crippen LogP contribution in [-0.2, 0) is 10.0 Å². The second-order valence-electron chi connectivity index (χ2n) is 4.09. The van der Waals surface area contributed by atoms with Gasteiger partial charge in [0.1, 0.15) is 0 Å². The van der Waals surface area contributed by atoms with Gasteiger partial charge in [-0.25, -0.2) is 13.2 Å². The van der Waals surface area contributed by atoms with Gasteiger partial charge in [0.2, 0.25) is 0 Å². The lowest BCUT2D eigenvalue weighted by atomic mass is 10.2. The van der Waals surface area contributed by atoms with Crippen molar-refractivity contribution < 1.29 is 18.3 Å². The van der Waals surface area contributed by atoms with Crippen molar-refractivity contribution in [2.24, 2.45) is 0 Å². The minimum absolute atomic E-state index is 0.000231. The summed E-state index contributed by atoms with van der Waals surface area (Å²) in [6, 6.07) is 9.13. The molecule has 110 valence electrons.